The van der Waals surface area contributed by atoms with Crippen molar-refractivity contribution in [2.75, 3.05) is 40.9 Å². The van der Waals surface area contributed by atoms with Gasteiger partial charge in [0.15, 0.2) is 0 Å². The summed E-state index contributed by atoms with van der Waals surface area (Å²) in [6.45, 7) is 4.38. The van der Waals surface area contributed by atoms with E-state index in [0.717, 1.165) is 116 Å². The Morgan fingerprint density at radius 1 is 0.554 bits per heavy atom. The third kappa shape index (κ3) is 48.4. The Hall–Kier alpha value is -3.36. The fourth-order valence-corrected chi connectivity index (χ4v) is 6.87. The van der Waals surface area contributed by atoms with Crippen molar-refractivity contribution in [1.29, 1.82) is 0 Å². The summed E-state index contributed by atoms with van der Waals surface area (Å²) >= 11 is 0. The molecular formula is C56H93N2O6P. The largest absolute Gasteiger partial charge is 0.756 e. The van der Waals surface area contributed by atoms with Gasteiger partial charge in [-0.15, -0.1) is 0 Å². The van der Waals surface area contributed by atoms with Crippen LogP contribution >= 0.6 is 7.82 Å². The van der Waals surface area contributed by atoms with E-state index in [9.17, 15) is 19.4 Å². The molecule has 0 aliphatic heterocycles. The van der Waals surface area contributed by atoms with E-state index in [1.807, 2.05) is 27.2 Å². The molecule has 1 amide bonds. The lowest BCUT2D eigenvalue weighted by atomic mass is 10.1. The van der Waals surface area contributed by atoms with Gasteiger partial charge in [-0.3, -0.25) is 9.36 Å². The van der Waals surface area contributed by atoms with E-state index < -0.39 is 26.6 Å². The summed E-state index contributed by atoms with van der Waals surface area (Å²) in [6.07, 6.45) is 69.7. The number of quaternary nitrogens is 1. The second-order valence-electron chi connectivity index (χ2n) is 17.4. The van der Waals surface area contributed by atoms with Crippen LogP contribution in [0.15, 0.2) is 134 Å². The molecule has 0 saturated carbocycles. The Balaban J connectivity index is 4.14. The molecule has 8 nitrogen and oxygen atoms in total. The maximum absolute atomic E-state index is 12.8. The topological polar surface area (TPSA) is 108 Å². The van der Waals surface area contributed by atoms with Crippen LogP contribution in [0.3, 0.4) is 0 Å². The lowest BCUT2D eigenvalue weighted by molar-refractivity contribution is -0.870. The fourth-order valence-electron chi connectivity index (χ4n) is 6.14. The highest BCUT2D eigenvalue weighted by atomic mass is 31.2. The molecule has 0 saturated heterocycles. The molecule has 368 valence electrons. The van der Waals surface area contributed by atoms with Crippen LogP contribution in [0.4, 0.5) is 0 Å². The van der Waals surface area contributed by atoms with Crippen molar-refractivity contribution in [3.63, 3.8) is 0 Å². The maximum Gasteiger partial charge on any atom is 0.268 e. The summed E-state index contributed by atoms with van der Waals surface area (Å²) in [7, 11) is 1.21. The number of carbonyl (C=O) groups excluding carboxylic acids is 1. The number of nitrogens with one attached hydrogen (secondary N) is 1. The van der Waals surface area contributed by atoms with Crippen LogP contribution in [0.5, 0.6) is 0 Å². The first kappa shape index (κ1) is 61.6. The highest BCUT2D eigenvalue weighted by molar-refractivity contribution is 7.45. The van der Waals surface area contributed by atoms with Crippen LogP contribution < -0.4 is 10.2 Å². The monoisotopic (exact) mass is 921 g/mol. The summed E-state index contributed by atoms with van der Waals surface area (Å²) in [5.41, 5.74) is 0. The van der Waals surface area contributed by atoms with Gasteiger partial charge in [0.25, 0.3) is 7.82 Å². The van der Waals surface area contributed by atoms with E-state index in [4.69, 9.17) is 9.05 Å². The smallest absolute Gasteiger partial charge is 0.268 e. The quantitative estimate of drug-likeness (QED) is 0.0273. The minimum Gasteiger partial charge on any atom is -0.756 e. The number of allylic oxidation sites excluding steroid dienone is 21. The molecule has 9 heteroatoms. The average molecular weight is 921 g/mol. The average Bonchev–Trinajstić information content (AvgIpc) is 3.26. The molecular weight excluding hydrogens is 828 g/mol. The normalized spacial score (nSPS) is 15.2. The number of aliphatic hydroxyl groups excluding tert-OH is 1. The molecule has 0 aliphatic carbocycles. The molecule has 0 heterocycles. The molecule has 0 fully saturated rings. The predicted octanol–water partition coefficient (Wildman–Crippen LogP) is 14.2. The zero-order chi connectivity index (χ0) is 47.8. The van der Waals surface area contributed by atoms with Gasteiger partial charge in [0, 0.05) is 6.42 Å². The summed E-state index contributed by atoms with van der Waals surface area (Å²) in [5, 5.41) is 13.7. The number of aliphatic hydroxyl groups is 1. The van der Waals surface area contributed by atoms with Crippen LogP contribution in [-0.4, -0.2) is 68.5 Å². The van der Waals surface area contributed by atoms with Crippen molar-refractivity contribution in [3.8, 4) is 0 Å². The van der Waals surface area contributed by atoms with Crippen molar-refractivity contribution in [2.24, 2.45) is 0 Å². The molecule has 0 rings (SSSR count). The van der Waals surface area contributed by atoms with E-state index in [1.54, 1.807) is 6.08 Å². The van der Waals surface area contributed by atoms with Gasteiger partial charge in [0.2, 0.25) is 5.91 Å². The minimum absolute atomic E-state index is 0.0167. The highest BCUT2D eigenvalue weighted by Gasteiger charge is 2.23. The first-order valence-electron chi connectivity index (χ1n) is 25.0. The summed E-state index contributed by atoms with van der Waals surface area (Å²) < 4.78 is 23.1. The zero-order valence-electron chi connectivity index (χ0n) is 41.6. The summed E-state index contributed by atoms with van der Waals surface area (Å²) in [4.78, 5) is 25.2. The van der Waals surface area contributed by atoms with Gasteiger partial charge in [0.1, 0.15) is 13.2 Å². The number of nitrogens with zero attached hydrogens (tertiary/aromatic N) is 1. The highest BCUT2D eigenvalue weighted by Crippen LogP contribution is 2.38. The zero-order valence-corrected chi connectivity index (χ0v) is 42.5. The van der Waals surface area contributed by atoms with Crippen molar-refractivity contribution in [1.82, 2.24) is 5.32 Å². The van der Waals surface area contributed by atoms with Crippen LogP contribution in [-0.2, 0) is 18.4 Å². The first-order chi connectivity index (χ1) is 31.5. The number of phosphoric acid groups is 1. The van der Waals surface area contributed by atoms with Crippen molar-refractivity contribution < 1.29 is 32.9 Å². The lowest BCUT2D eigenvalue weighted by Gasteiger charge is -2.29. The van der Waals surface area contributed by atoms with E-state index in [1.165, 1.54) is 25.7 Å². The molecule has 0 aliphatic rings. The Morgan fingerprint density at radius 3 is 1.43 bits per heavy atom. The van der Waals surface area contributed by atoms with Gasteiger partial charge < -0.3 is 28.8 Å². The Kier molecular flexibility index (Phi) is 43.4. The lowest BCUT2D eigenvalue weighted by Crippen LogP contribution is -2.45. The number of hydrogen-bond acceptors (Lipinski definition) is 6. The molecule has 65 heavy (non-hydrogen) atoms. The summed E-state index contributed by atoms with van der Waals surface area (Å²) in [5.74, 6) is -0.230. The maximum atomic E-state index is 12.8. The van der Waals surface area contributed by atoms with Crippen LogP contribution in [0.2, 0.25) is 0 Å². The van der Waals surface area contributed by atoms with Crippen molar-refractivity contribution in [3.05, 3.63) is 134 Å². The molecule has 0 radical (unpaired) electrons. The van der Waals surface area contributed by atoms with Crippen molar-refractivity contribution >= 4 is 13.7 Å². The van der Waals surface area contributed by atoms with Gasteiger partial charge in [-0.1, -0.05) is 192 Å². The van der Waals surface area contributed by atoms with Crippen LogP contribution in [0, 0.1) is 0 Å². The molecule has 0 aromatic rings. The number of carbonyl (C=O) groups is 1. The second-order valence-corrected chi connectivity index (χ2v) is 18.8. The number of likely N-dealkylation sites (N-methyl/N-ethyl adjacent to an activating group) is 1. The van der Waals surface area contributed by atoms with Crippen molar-refractivity contribution in [2.45, 2.75) is 174 Å². The van der Waals surface area contributed by atoms with E-state index in [-0.39, 0.29) is 12.5 Å². The Labute approximate surface area is 398 Å². The fraction of sp³-hybridized carbons (Fsp3) is 0.589. The molecule has 0 bridgehead atoms. The van der Waals surface area contributed by atoms with Crippen LogP contribution in [0.1, 0.15) is 162 Å². The second kappa shape index (κ2) is 45.8. The Bertz CT molecular complexity index is 1510. The molecule has 3 atom stereocenters. The number of hydrogen-bond donors (Lipinski definition) is 2. The molecule has 0 aromatic heterocycles. The number of amides is 1. The molecule has 2 N–H and O–H groups in total. The SMILES string of the molecule is CC/C=C\C/C=C\C/C=C\C/C=C\C/C=C\C/C=C\C/C=C\C/C=C\C/C=C\CCCCCCCCCC(=O)NC(COP(=O)([O-])OCC[N+](C)(C)C)C(O)/C=C/CC/C=C/CCCC. The van der Waals surface area contributed by atoms with E-state index in [0.29, 0.717) is 17.4 Å². The van der Waals surface area contributed by atoms with E-state index >= 15 is 0 Å². The third-order valence-electron chi connectivity index (χ3n) is 10.1. The van der Waals surface area contributed by atoms with Gasteiger partial charge in [-0.2, -0.15) is 0 Å². The Morgan fingerprint density at radius 2 is 0.954 bits per heavy atom. The van der Waals surface area contributed by atoms with Gasteiger partial charge in [-0.05, 0) is 96.3 Å². The molecule has 0 spiro atoms. The predicted molar refractivity (Wildman–Crippen MR) is 278 cm³/mol. The standard InChI is InChI=1S/C56H93N2O6P/c1-6-8-10-12-14-16-17-18-19-20-21-22-23-24-25-26-27-28-29-30-31-32-33-34-35-36-37-38-39-40-41-42-44-46-48-50-56(60)57-54(53-64-65(61,62)63-52-51-58(3,4)5)55(59)49-47-45-43-15-13-11-9-7-2/h8,10,13-16,18-19,21-22,24-25,27-28,30-31,33-34,36-37,47,49,54-55,59H,6-7,9,11-12,17,20,23,26,29,32,35,38-46,48,50-53H2,1-5H3,(H-,57,60,61,62)/b10-8-,15-13+,16-14-,19-18-,22-21-,25-24-,28-27-,31-30-,34-33-,37-36-,49-47+. The molecule has 3 unspecified atom stereocenters. The van der Waals surface area contributed by atoms with E-state index in [2.05, 4.69) is 141 Å². The number of rotatable bonds is 43. The number of unbranched alkanes of at least 4 members (excludes halogenated alkanes) is 10. The van der Waals surface area contributed by atoms with Gasteiger partial charge in [0.05, 0.1) is 39.9 Å². The van der Waals surface area contributed by atoms with Crippen LogP contribution in [0.25, 0.3) is 0 Å². The third-order valence-corrected chi connectivity index (χ3v) is 11.1. The minimum atomic E-state index is -4.60. The number of phosphoric ester groups is 1. The van der Waals surface area contributed by atoms with Gasteiger partial charge >= 0.3 is 0 Å². The first-order valence-corrected chi connectivity index (χ1v) is 26.5. The summed E-state index contributed by atoms with van der Waals surface area (Å²) in [6, 6.07) is -0.916. The molecule has 0 aromatic carbocycles. The van der Waals surface area contributed by atoms with Gasteiger partial charge in [-0.25, -0.2) is 0 Å².